The van der Waals surface area contributed by atoms with E-state index in [2.05, 4.69) is 16.6 Å². The SMILES string of the molecule is C=C(C)C(=O)OCC(=O)Nc1ccc(N)cc1. The van der Waals surface area contributed by atoms with Gasteiger partial charge in [0.1, 0.15) is 0 Å². The van der Waals surface area contributed by atoms with E-state index >= 15 is 0 Å². The normalized spacial score (nSPS) is 9.47. The van der Waals surface area contributed by atoms with Crippen LogP contribution in [-0.4, -0.2) is 18.5 Å². The zero-order chi connectivity index (χ0) is 12.8. The van der Waals surface area contributed by atoms with Crippen molar-refractivity contribution in [2.24, 2.45) is 0 Å². The fraction of sp³-hybridized carbons (Fsp3) is 0.167. The van der Waals surface area contributed by atoms with Crippen LogP contribution in [0.1, 0.15) is 6.92 Å². The second-order valence-electron chi connectivity index (χ2n) is 3.53. The van der Waals surface area contributed by atoms with Crippen LogP contribution >= 0.6 is 0 Å². The average molecular weight is 234 g/mol. The molecule has 0 atom stereocenters. The van der Waals surface area contributed by atoms with Gasteiger partial charge in [-0.15, -0.1) is 0 Å². The molecule has 0 radical (unpaired) electrons. The molecule has 3 N–H and O–H groups in total. The Morgan fingerprint density at radius 1 is 1.35 bits per heavy atom. The fourth-order valence-corrected chi connectivity index (χ4v) is 1.02. The summed E-state index contributed by atoms with van der Waals surface area (Å²) in [5, 5.41) is 2.56. The molecule has 5 heteroatoms. The van der Waals surface area contributed by atoms with Crippen LogP contribution in [0.25, 0.3) is 0 Å². The third-order valence-corrected chi connectivity index (χ3v) is 1.88. The molecule has 0 bridgehead atoms. The van der Waals surface area contributed by atoms with Crippen LogP contribution < -0.4 is 11.1 Å². The van der Waals surface area contributed by atoms with Crippen LogP contribution in [-0.2, 0) is 14.3 Å². The summed E-state index contributed by atoms with van der Waals surface area (Å²) >= 11 is 0. The summed E-state index contributed by atoms with van der Waals surface area (Å²) < 4.78 is 4.69. The van der Waals surface area contributed by atoms with E-state index in [-0.39, 0.29) is 12.2 Å². The van der Waals surface area contributed by atoms with Crippen LogP contribution in [0.4, 0.5) is 11.4 Å². The number of anilines is 2. The van der Waals surface area contributed by atoms with Gasteiger partial charge in [-0.3, -0.25) is 4.79 Å². The van der Waals surface area contributed by atoms with Gasteiger partial charge in [-0.25, -0.2) is 4.79 Å². The quantitative estimate of drug-likeness (QED) is 0.467. The maximum atomic E-state index is 11.4. The average Bonchev–Trinajstić information content (AvgIpc) is 2.29. The summed E-state index contributed by atoms with van der Waals surface area (Å²) in [7, 11) is 0. The molecule has 1 aromatic rings. The van der Waals surface area contributed by atoms with Crippen LogP contribution in [0.15, 0.2) is 36.4 Å². The fourth-order valence-electron chi connectivity index (χ4n) is 1.02. The van der Waals surface area contributed by atoms with E-state index in [9.17, 15) is 9.59 Å². The number of nitrogens with two attached hydrogens (primary N) is 1. The molecule has 5 nitrogen and oxygen atoms in total. The summed E-state index contributed by atoms with van der Waals surface area (Å²) in [5.74, 6) is -0.998. The molecule has 0 heterocycles. The van der Waals surface area contributed by atoms with Gasteiger partial charge in [-0.1, -0.05) is 6.58 Å². The molecule has 1 rings (SSSR count). The van der Waals surface area contributed by atoms with Crippen molar-refractivity contribution in [2.75, 3.05) is 17.7 Å². The van der Waals surface area contributed by atoms with E-state index in [1.165, 1.54) is 6.92 Å². The van der Waals surface area contributed by atoms with Gasteiger partial charge in [0.25, 0.3) is 5.91 Å². The molecule has 0 saturated carbocycles. The van der Waals surface area contributed by atoms with Crippen molar-refractivity contribution in [3.63, 3.8) is 0 Å². The zero-order valence-electron chi connectivity index (χ0n) is 9.53. The molecular formula is C12H14N2O3. The van der Waals surface area contributed by atoms with Crippen LogP contribution in [0.3, 0.4) is 0 Å². The highest BCUT2D eigenvalue weighted by molar-refractivity contribution is 5.94. The first kappa shape index (κ1) is 12.8. The van der Waals surface area contributed by atoms with Gasteiger partial charge in [0.15, 0.2) is 6.61 Å². The second kappa shape index (κ2) is 5.69. The van der Waals surface area contributed by atoms with Crippen molar-refractivity contribution in [3.8, 4) is 0 Å². The van der Waals surface area contributed by atoms with E-state index in [1.54, 1.807) is 24.3 Å². The first-order valence-corrected chi connectivity index (χ1v) is 4.97. The lowest BCUT2D eigenvalue weighted by Gasteiger charge is -2.06. The predicted molar refractivity (Wildman–Crippen MR) is 65.3 cm³/mol. The first-order valence-electron chi connectivity index (χ1n) is 4.97. The lowest BCUT2D eigenvalue weighted by Crippen LogP contribution is -2.20. The number of amides is 1. The number of benzene rings is 1. The maximum Gasteiger partial charge on any atom is 0.333 e. The van der Waals surface area contributed by atoms with Crippen LogP contribution in [0.5, 0.6) is 0 Å². The number of nitrogens with one attached hydrogen (secondary N) is 1. The standard InChI is InChI=1S/C12H14N2O3/c1-8(2)12(16)17-7-11(15)14-10-5-3-9(13)4-6-10/h3-6H,1,7,13H2,2H3,(H,14,15). The molecule has 0 spiro atoms. The molecule has 0 aliphatic carbocycles. The van der Waals surface area contributed by atoms with E-state index in [0.717, 1.165) is 0 Å². The Labute approximate surface area is 99.3 Å². The molecule has 0 aliphatic rings. The molecule has 0 fully saturated rings. The molecule has 0 saturated heterocycles. The van der Waals surface area contributed by atoms with Crippen LogP contribution in [0.2, 0.25) is 0 Å². The Morgan fingerprint density at radius 2 is 1.94 bits per heavy atom. The number of carbonyl (C=O) groups is 2. The van der Waals surface area contributed by atoms with Gasteiger partial charge in [-0.2, -0.15) is 0 Å². The summed E-state index contributed by atoms with van der Waals surface area (Å²) in [5.41, 5.74) is 6.95. The molecule has 0 unspecified atom stereocenters. The number of hydrogen-bond donors (Lipinski definition) is 2. The highest BCUT2D eigenvalue weighted by Gasteiger charge is 2.07. The second-order valence-corrected chi connectivity index (χ2v) is 3.53. The highest BCUT2D eigenvalue weighted by Crippen LogP contribution is 2.10. The van der Waals surface area contributed by atoms with Gasteiger partial charge in [-0.05, 0) is 31.2 Å². The summed E-state index contributed by atoms with van der Waals surface area (Å²) in [6.45, 7) is 4.58. The largest absolute Gasteiger partial charge is 0.452 e. The Hall–Kier alpha value is -2.30. The minimum Gasteiger partial charge on any atom is -0.452 e. The van der Waals surface area contributed by atoms with Crippen molar-refractivity contribution < 1.29 is 14.3 Å². The Kier molecular flexibility index (Phi) is 4.28. The highest BCUT2D eigenvalue weighted by atomic mass is 16.5. The third kappa shape index (κ3) is 4.38. The van der Waals surface area contributed by atoms with Crippen molar-refractivity contribution in [1.29, 1.82) is 0 Å². The van der Waals surface area contributed by atoms with E-state index in [1.807, 2.05) is 0 Å². The Bertz CT molecular complexity index is 438. The number of nitrogen functional groups attached to an aromatic ring is 1. The molecule has 1 amide bonds. The molecule has 0 aliphatic heterocycles. The lowest BCUT2D eigenvalue weighted by molar-refractivity contribution is -0.143. The molecule has 1 aromatic carbocycles. The predicted octanol–water partition coefficient (Wildman–Crippen LogP) is 1.33. The lowest BCUT2D eigenvalue weighted by atomic mass is 10.3. The number of esters is 1. The number of rotatable bonds is 4. The monoisotopic (exact) mass is 234 g/mol. The van der Waals surface area contributed by atoms with E-state index < -0.39 is 11.9 Å². The summed E-state index contributed by atoms with van der Waals surface area (Å²) in [6.07, 6.45) is 0. The van der Waals surface area contributed by atoms with Crippen molar-refractivity contribution in [2.45, 2.75) is 6.92 Å². The first-order chi connectivity index (χ1) is 7.99. The Morgan fingerprint density at radius 3 is 2.47 bits per heavy atom. The van der Waals surface area contributed by atoms with Gasteiger partial charge < -0.3 is 15.8 Å². The number of hydrogen-bond acceptors (Lipinski definition) is 4. The van der Waals surface area contributed by atoms with E-state index in [4.69, 9.17) is 5.73 Å². The number of carbonyl (C=O) groups excluding carboxylic acids is 2. The minimum absolute atomic E-state index is 0.255. The number of ether oxygens (including phenoxy) is 1. The van der Waals surface area contributed by atoms with Crippen molar-refractivity contribution in [1.82, 2.24) is 0 Å². The molecule has 17 heavy (non-hydrogen) atoms. The summed E-state index contributed by atoms with van der Waals surface area (Å²) in [4.78, 5) is 22.4. The summed E-state index contributed by atoms with van der Waals surface area (Å²) in [6, 6.07) is 6.65. The van der Waals surface area contributed by atoms with Gasteiger partial charge in [0, 0.05) is 16.9 Å². The molecule has 90 valence electrons. The van der Waals surface area contributed by atoms with Gasteiger partial charge >= 0.3 is 5.97 Å². The van der Waals surface area contributed by atoms with Gasteiger partial charge in [0.05, 0.1) is 0 Å². The third-order valence-electron chi connectivity index (χ3n) is 1.88. The topological polar surface area (TPSA) is 81.4 Å². The smallest absolute Gasteiger partial charge is 0.333 e. The molecular weight excluding hydrogens is 220 g/mol. The maximum absolute atomic E-state index is 11.4. The van der Waals surface area contributed by atoms with Crippen molar-refractivity contribution >= 4 is 23.3 Å². The van der Waals surface area contributed by atoms with E-state index in [0.29, 0.717) is 11.4 Å². The van der Waals surface area contributed by atoms with Gasteiger partial charge in [0.2, 0.25) is 0 Å². The van der Waals surface area contributed by atoms with Crippen molar-refractivity contribution in [3.05, 3.63) is 36.4 Å². The minimum atomic E-state index is -0.586. The Balaban J connectivity index is 2.42. The molecule has 0 aromatic heterocycles. The van der Waals surface area contributed by atoms with Crippen LogP contribution in [0, 0.1) is 0 Å². The zero-order valence-corrected chi connectivity index (χ0v) is 9.53.